The Bertz CT molecular complexity index is 547. The van der Waals surface area contributed by atoms with E-state index in [-0.39, 0.29) is 0 Å². The van der Waals surface area contributed by atoms with E-state index in [0.717, 1.165) is 35.2 Å². The molecule has 1 saturated carbocycles. The highest BCUT2D eigenvalue weighted by molar-refractivity contribution is 5.82. The summed E-state index contributed by atoms with van der Waals surface area (Å²) in [4.78, 5) is 4.57. The third-order valence-corrected chi connectivity index (χ3v) is 3.59. The van der Waals surface area contributed by atoms with E-state index in [2.05, 4.69) is 11.1 Å². The highest BCUT2D eigenvalue weighted by Crippen LogP contribution is 2.26. The first-order valence-electron chi connectivity index (χ1n) is 6.62. The van der Waals surface area contributed by atoms with Gasteiger partial charge in [0.1, 0.15) is 6.10 Å². The van der Waals surface area contributed by atoms with Crippen molar-refractivity contribution < 1.29 is 4.74 Å². The number of fused-ring (bicyclic) bond motifs is 1. The number of para-hydroxylation sites is 1. The van der Waals surface area contributed by atoms with Gasteiger partial charge >= 0.3 is 0 Å². The molecule has 1 heterocycles. The summed E-state index contributed by atoms with van der Waals surface area (Å²) in [5.41, 5.74) is 7.88. The van der Waals surface area contributed by atoms with Gasteiger partial charge in [-0.1, -0.05) is 18.2 Å². The number of nitrogens with zero attached hydrogens (tertiary/aromatic N) is 1. The highest BCUT2D eigenvalue weighted by Gasteiger charge is 2.17. The van der Waals surface area contributed by atoms with Crippen LogP contribution in [0.25, 0.3) is 10.9 Å². The topological polar surface area (TPSA) is 48.1 Å². The summed E-state index contributed by atoms with van der Waals surface area (Å²) >= 11 is 0. The minimum absolute atomic E-state index is 0.337. The second-order valence-corrected chi connectivity index (χ2v) is 4.87. The number of nitrogens with two attached hydrogens (primary N) is 1. The molecule has 0 atom stereocenters. The van der Waals surface area contributed by atoms with Crippen molar-refractivity contribution >= 4 is 10.9 Å². The fraction of sp³-hybridized carbons (Fsp3) is 0.400. The van der Waals surface area contributed by atoms with Crippen LogP contribution >= 0.6 is 0 Å². The number of hydrogen-bond acceptors (Lipinski definition) is 3. The number of ether oxygens (including phenoxy) is 1. The molecule has 3 heteroatoms. The monoisotopic (exact) mass is 242 g/mol. The Balaban J connectivity index is 1.96. The van der Waals surface area contributed by atoms with Crippen molar-refractivity contribution in [3.8, 4) is 5.88 Å². The van der Waals surface area contributed by atoms with Crippen molar-refractivity contribution in [1.82, 2.24) is 4.98 Å². The van der Waals surface area contributed by atoms with Gasteiger partial charge in [-0.3, -0.25) is 0 Å². The fourth-order valence-corrected chi connectivity index (χ4v) is 2.63. The molecule has 1 aliphatic carbocycles. The van der Waals surface area contributed by atoms with Crippen LogP contribution in [-0.2, 0) is 6.54 Å². The van der Waals surface area contributed by atoms with Crippen LogP contribution in [0.1, 0.15) is 31.2 Å². The van der Waals surface area contributed by atoms with E-state index in [1.54, 1.807) is 0 Å². The Hall–Kier alpha value is -1.61. The van der Waals surface area contributed by atoms with E-state index >= 15 is 0 Å². The lowest BCUT2D eigenvalue weighted by Gasteiger charge is -2.14. The number of pyridine rings is 1. The third-order valence-electron chi connectivity index (χ3n) is 3.59. The zero-order valence-corrected chi connectivity index (χ0v) is 10.4. The summed E-state index contributed by atoms with van der Waals surface area (Å²) in [6.07, 6.45) is 5.16. The zero-order valence-electron chi connectivity index (χ0n) is 10.4. The largest absolute Gasteiger partial charge is 0.474 e. The van der Waals surface area contributed by atoms with Crippen LogP contribution in [0.2, 0.25) is 0 Å². The van der Waals surface area contributed by atoms with Crippen molar-refractivity contribution in [3.63, 3.8) is 0 Å². The van der Waals surface area contributed by atoms with Crippen LogP contribution in [0.15, 0.2) is 30.3 Å². The summed E-state index contributed by atoms with van der Waals surface area (Å²) in [5, 5.41) is 1.12. The van der Waals surface area contributed by atoms with Crippen molar-refractivity contribution in [2.45, 2.75) is 38.3 Å². The van der Waals surface area contributed by atoms with E-state index < -0.39 is 0 Å². The first-order valence-corrected chi connectivity index (χ1v) is 6.62. The van der Waals surface area contributed by atoms with Crippen LogP contribution in [0.4, 0.5) is 0 Å². The second-order valence-electron chi connectivity index (χ2n) is 4.87. The van der Waals surface area contributed by atoms with Crippen LogP contribution in [0.3, 0.4) is 0 Å². The minimum atomic E-state index is 0.337. The average Bonchev–Trinajstić information content (AvgIpc) is 2.90. The lowest BCUT2D eigenvalue weighted by molar-refractivity contribution is 0.202. The van der Waals surface area contributed by atoms with Crippen molar-refractivity contribution in [2.75, 3.05) is 0 Å². The van der Waals surface area contributed by atoms with Gasteiger partial charge in [-0.05, 0) is 37.3 Å². The lowest BCUT2D eigenvalue weighted by atomic mass is 10.1. The van der Waals surface area contributed by atoms with Gasteiger partial charge in [-0.25, -0.2) is 4.98 Å². The number of aromatic nitrogens is 1. The predicted molar refractivity (Wildman–Crippen MR) is 72.5 cm³/mol. The highest BCUT2D eigenvalue weighted by atomic mass is 16.5. The molecule has 0 saturated heterocycles. The van der Waals surface area contributed by atoms with Crippen LogP contribution < -0.4 is 10.5 Å². The van der Waals surface area contributed by atoms with Crippen molar-refractivity contribution in [3.05, 3.63) is 35.9 Å². The molecule has 3 rings (SSSR count). The predicted octanol–water partition coefficient (Wildman–Crippen LogP) is 3.01. The molecule has 2 N–H and O–H groups in total. The van der Waals surface area contributed by atoms with Gasteiger partial charge in [0, 0.05) is 18.0 Å². The van der Waals surface area contributed by atoms with Crippen LogP contribution in [0.5, 0.6) is 5.88 Å². The maximum Gasteiger partial charge on any atom is 0.214 e. The van der Waals surface area contributed by atoms with Crippen LogP contribution in [-0.4, -0.2) is 11.1 Å². The summed E-state index contributed by atoms with van der Waals surface area (Å²) < 4.78 is 5.96. The van der Waals surface area contributed by atoms with Gasteiger partial charge in [0.2, 0.25) is 5.88 Å². The molecular formula is C15H18N2O. The molecule has 0 spiro atoms. The van der Waals surface area contributed by atoms with E-state index in [1.807, 2.05) is 24.3 Å². The van der Waals surface area contributed by atoms with Crippen molar-refractivity contribution in [2.24, 2.45) is 5.73 Å². The molecular weight excluding hydrogens is 224 g/mol. The molecule has 0 aliphatic heterocycles. The molecule has 18 heavy (non-hydrogen) atoms. The fourth-order valence-electron chi connectivity index (χ4n) is 2.63. The third kappa shape index (κ3) is 2.18. The van der Waals surface area contributed by atoms with E-state index in [4.69, 9.17) is 10.5 Å². The molecule has 0 radical (unpaired) electrons. The number of rotatable bonds is 3. The summed E-state index contributed by atoms with van der Waals surface area (Å²) in [6.45, 7) is 0.518. The SMILES string of the molecule is NCc1cc(OC2CCCC2)nc2ccccc12. The standard InChI is InChI=1S/C15H18N2O/c16-10-11-9-15(18-12-5-1-2-6-12)17-14-8-4-3-7-13(11)14/h3-4,7-9,12H,1-2,5-6,10,16H2. The Morgan fingerprint density at radius 1 is 1.22 bits per heavy atom. The van der Waals surface area contributed by atoms with E-state index in [9.17, 15) is 0 Å². The first kappa shape index (κ1) is 11.5. The molecule has 3 nitrogen and oxygen atoms in total. The number of hydrogen-bond donors (Lipinski definition) is 1. The maximum atomic E-state index is 5.96. The van der Waals surface area contributed by atoms with Gasteiger partial charge in [0.25, 0.3) is 0 Å². The molecule has 1 fully saturated rings. The normalized spacial score (nSPS) is 16.3. The average molecular weight is 242 g/mol. The molecule has 1 aromatic carbocycles. The van der Waals surface area contributed by atoms with Gasteiger partial charge in [0.05, 0.1) is 5.52 Å². The molecule has 1 aliphatic rings. The summed E-state index contributed by atoms with van der Waals surface area (Å²) in [7, 11) is 0. The number of benzene rings is 1. The first-order chi connectivity index (χ1) is 8.86. The van der Waals surface area contributed by atoms with Crippen molar-refractivity contribution in [1.29, 1.82) is 0 Å². The molecule has 0 unspecified atom stereocenters. The quantitative estimate of drug-likeness (QED) is 0.900. The smallest absolute Gasteiger partial charge is 0.214 e. The lowest BCUT2D eigenvalue weighted by Crippen LogP contribution is -2.12. The molecule has 94 valence electrons. The van der Waals surface area contributed by atoms with Crippen LogP contribution in [0, 0.1) is 0 Å². The zero-order chi connectivity index (χ0) is 12.4. The molecule has 2 aromatic rings. The summed E-state index contributed by atoms with van der Waals surface area (Å²) in [6, 6.07) is 10.1. The van der Waals surface area contributed by atoms with Gasteiger partial charge < -0.3 is 10.5 Å². The van der Waals surface area contributed by atoms with Gasteiger partial charge in [-0.15, -0.1) is 0 Å². The maximum absolute atomic E-state index is 5.96. The molecule has 0 amide bonds. The Morgan fingerprint density at radius 3 is 2.78 bits per heavy atom. The van der Waals surface area contributed by atoms with E-state index in [1.165, 1.54) is 12.8 Å². The van der Waals surface area contributed by atoms with Gasteiger partial charge in [-0.2, -0.15) is 0 Å². The molecule has 1 aromatic heterocycles. The Morgan fingerprint density at radius 2 is 2.00 bits per heavy atom. The molecule has 0 bridgehead atoms. The van der Waals surface area contributed by atoms with Gasteiger partial charge in [0.15, 0.2) is 0 Å². The summed E-state index contributed by atoms with van der Waals surface area (Å²) in [5.74, 6) is 0.723. The Labute approximate surface area is 107 Å². The second kappa shape index (κ2) is 4.94. The minimum Gasteiger partial charge on any atom is -0.474 e. The van der Waals surface area contributed by atoms with E-state index in [0.29, 0.717) is 12.6 Å². The Kier molecular flexibility index (Phi) is 3.15.